The van der Waals surface area contributed by atoms with Gasteiger partial charge in [-0.05, 0) is 23.6 Å². The van der Waals surface area contributed by atoms with Gasteiger partial charge in [-0.25, -0.2) is 0 Å². The molecule has 2 rings (SSSR count). The smallest absolute Gasteiger partial charge is 0.313 e. The molecule has 0 fully saturated rings. The van der Waals surface area contributed by atoms with Gasteiger partial charge in [0.15, 0.2) is 0 Å². The largest absolute Gasteiger partial charge is 0.496 e. The number of hydrogen-bond donors (Lipinski definition) is 1. The third kappa shape index (κ3) is 2.30. The molecule has 2 aromatic rings. The van der Waals surface area contributed by atoms with Crippen molar-refractivity contribution < 1.29 is 9.15 Å². The van der Waals surface area contributed by atoms with Crippen LogP contribution in [0.5, 0.6) is 5.75 Å². The van der Waals surface area contributed by atoms with E-state index in [1.54, 1.807) is 7.11 Å². The molecule has 0 unspecified atom stereocenters. The third-order valence-electron chi connectivity index (χ3n) is 2.70. The maximum absolute atomic E-state index is 5.43. The van der Waals surface area contributed by atoms with Crippen molar-refractivity contribution in [2.75, 3.05) is 12.8 Å². The maximum Gasteiger partial charge on any atom is 0.313 e. The van der Waals surface area contributed by atoms with Gasteiger partial charge in [0.1, 0.15) is 5.75 Å². The first-order chi connectivity index (χ1) is 8.41. The SMILES string of the molecule is COc1ccc(-c2nnc(N)o2)cc1C(C)(C)C. The van der Waals surface area contributed by atoms with Crippen molar-refractivity contribution in [2.45, 2.75) is 26.2 Å². The van der Waals surface area contributed by atoms with Gasteiger partial charge in [-0.2, -0.15) is 0 Å². The van der Waals surface area contributed by atoms with Crippen LogP contribution >= 0.6 is 0 Å². The highest BCUT2D eigenvalue weighted by atomic mass is 16.5. The highest BCUT2D eigenvalue weighted by Gasteiger charge is 2.20. The molecule has 0 saturated carbocycles. The van der Waals surface area contributed by atoms with Crippen LogP contribution in [0.3, 0.4) is 0 Å². The summed E-state index contributed by atoms with van der Waals surface area (Å²) in [6.07, 6.45) is 0. The predicted octanol–water partition coefficient (Wildman–Crippen LogP) is 2.62. The molecule has 96 valence electrons. The Bertz CT molecular complexity index is 556. The minimum atomic E-state index is -0.0348. The molecule has 18 heavy (non-hydrogen) atoms. The van der Waals surface area contributed by atoms with Crippen molar-refractivity contribution in [3.05, 3.63) is 23.8 Å². The third-order valence-corrected chi connectivity index (χ3v) is 2.70. The van der Waals surface area contributed by atoms with Crippen LogP contribution in [0.25, 0.3) is 11.5 Å². The second kappa shape index (κ2) is 4.33. The Labute approximate surface area is 106 Å². The molecule has 2 N–H and O–H groups in total. The second-order valence-corrected chi connectivity index (χ2v) is 5.11. The van der Waals surface area contributed by atoms with Gasteiger partial charge in [-0.15, -0.1) is 5.10 Å². The summed E-state index contributed by atoms with van der Waals surface area (Å²) in [4.78, 5) is 0. The van der Waals surface area contributed by atoms with Crippen molar-refractivity contribution in [1.82, 2.24) is 10.2 Å². The Kier molecular flexibility index (Phi) is 2.98. The highest BCUT2D eigenvalue weighted by molar-refractivity contribution is 5.58. The number of benzene rings is 1. The summed E-state index contributed by atoms with van der Waals surface area (Å²) in [7, 11) is 1.66. The molecule has 1 heterocycles. The molecule has 0 aliphatic carbocycles. The summed E-state index contributed by atoms with van der Waals surface area (Å²) in [6.45, 7) is 6.37. The molecule has 1 aromatic carbocycles. The van der Waals surface area contributed by atoms with E-state index in [0.717, 1.165) is 16.9 Å². The summed E-state index contributed by atoms with van der Waals surface area (Å²) in [5.74, 6) is 1.26. The fraction of sp³-hybridized carbons (Fsp3) is 0.385. The quantitative estimate of drug-likeness (QED) is 0.883. The van der Waals surface area contributed by atoms with Crippen molar-refractivity contribution >= 4 is 6.01 Å². The highest BCUT2D eigenvalue weighted by Crippen LogP contribution is 2.34. The Hall–Kier alpha value is -2.04. The zero-order valence-electron chi connectivity index (χ0n) is 11.0. The lowest BCUT2D eigenvalue weighted by molar-refractivity contribution is 0.397. The summed E-state index contributed by atoms with van der Waals surface area (Å²) in [6, 6.07) is 5.83. The lowest BCUT2D eigenvalue weighted by Crippen LogP contribution is -2.12. The fourth-order valence-electron chi connectivity index (χ4n) is 1.78. The molecule has 0 aliphatic heterocycles. The number of aromatic nitrogens is 2. The topological polar surface area (TPSA) is 74.2 Å². The van der Waals surface area contributed by atoms with E-state index in [1.807, 2.05) is 18.2 Å². The molecule has 0 saturated heterocycles. The zero-order chi connectivity index (χ0) is 13.3. The summed E-state index contributed by atoms with van der Waals surface area (Å²) in [5.41, 5.74) is 7.32. The molecule has 0 bridgehead atoms. The molecule has 0 radical (unpaired) electrons. The fourth-order valence-corrected chi connectivity index (χ4v) is 1.78. The van der Waals surface area contributed by atoms with Crippen LogP contribution in [0.4, 0.5) is 6.01 Å². The molecule has 0 spiro atoms. The normalized spacial score (nSPS) is 11.6. The van der Waals surface area contributed by atoms with Crippen LogP contribution in [0.1, 0.15) is 26.3 Å². The van der Waals surface area contributed by atoms with Crippen LogP contribution in [0, 0.1) is 0 Å². The molecule has 5 nitrogen and oxygen atoms in total. The van der Waals surface area contributed by atoms with Crippen LogP contribution in [-0.4, -0.2) is 17.3 Å². The van der Waals surface area contributed by atoms with E-state index >= 15 is 0 Å². The van der Waals surface area contributed by atoms with Crippen LogP contribution in [0.2, 0.25) is 0 Å². The van der Waals surface area contributed by atoms with Gasteiger partial charge in [-0.3, -0.25) is 0 Å². The summed E-state index contributed by atoms with van der Waals surface area (Å²) >= 11 is 0. The molecule has 1 aromatic heterocycles. The van der Waals surface area contributed by atoms with E-state index in [4.69, 9.17) is 14.9 Å². The van der Waals surface area contributed by atoms with Crippen LogP contribution < -0.4 is 10.5 Å². The average Bonchev–Trinajstić information content (AvgIpc) is 2.74. The van der Waals surface area contributed by atoms with Crippen molar-refractivity contribution in [2.24, 2.45) is 0 Å². The molecule has 0 amide bonds. The first-order valence-electron chi connectivity index (χ1n) is 5.69. The Morgan fingerprint density at radius 1 is 1.22 bits per heavy atom. The summed E-state index contributed by atoms with van der Waals surface area (Å²) < 4.78 is 10.6. The van der Waals surface area contributed by atoms with Gasteiger partial charge < -0.3 is 14.9 Å². The summed E-state index contributed by atoms with van der Waals surface area (Å²) in [5, 5.41) is 7.54. The van der Waals surface area contributed by atoms with E-state index in [-0.39, 0.29) is 11.4 Å². The van der Waals surface area contributed by atoms with Gasteiger partial charge >= 0.3 is 6.01 Å². The van der Waals surface area contributed by atoms with Gasteiger partial charge in [0.25, 0.3) is 0 Å². The number of rotatable bonds is 2. The molecule has 0 atom stereocenters. The van der Waals surface area contributed by atoms with Gasteiger partial charge in [0.05, 0.1) is 7.11 Å². The molecule has 5 heteroatoms. The maximum atomic E-state index is 5.43. The van der Waals surface area contributed by atoms with Gasteiger partial charge in [0, 0.05) is 11.1 Å². The van der Waals surface area contributed by atoms with Crippen LogP contribution in [-0.2, 0) is 5.41 Å². The lowest BCUT2D eigenvalue weighted by Gasteiger charge is -2.22. The van der Waals surface area contributed by atoms with E-state index in [1.165, 1.54) is 0 Å². The standard InChI is InChI=1S/C13H17N3O2/c1-13(2,3)9-7-8(5-6-10(9)17-4)11-15-16-12(14)18-11/h5-7H,1-4H3,(H2,14,16). The monoisotopic (exact) mass is 247 g/mol. The van der Waals surface area contributed by atoms with E-state index in [9.17, 15) is 0 Å². The molecular formula is C13H17N3O2. The Morgan fingerprint density at radius 3 is 2.44 bits per heavy atom. The van der Waals surface area contributed by atoms with E-state index in [2.05, 4.69) is 31.0 Å². The van der Waals surface area contributed by atoms with Crippen molar-refractivity contribution in [3.8, 4) is 17.2 Å². The van der Waals surface area contributed by atoms with Crippen molar-refractivity contribution in [3.63, 3.8) is 0 Å². The predicted molar refractivity (Wildman–Crippen MR) is 69.4 cm³/mol. The second-order valence-electron chi connectivity index (χ2n) is 5.11. The van der Waals surface area contributed by atoms with E-state index < -0.39 is 0 Å². The number of ether oxygens (including phenoxy) is 1. The number of anilines is 1. The number of nitrogens with zero attached hydrogens (tertiary/aromatic N) is 2. The molecular weight excluding hydrogens is 230 g/mol. The van der Waals surface area contributed by atoms with E-state index in [0.29, 0.717) is 5.89 Å². The lowest BCUT2D eigenvalue weighted by atomic mass is 9.85. The van der Waals surface area contributed by atoms with Crippen LogP contribution in [0.15, 0.2) is 22.6 Å². The first kappa shape index (κ1) is 12.4. The average molecular weight is 247 g/mol. The van der Waals surface area contributed by atoms with Gasteiger partial charge in [-0.1, -0.05) is 25.9 Å². The zero-order valence-corrected chi connectivity index (χ0v) is 11.0. The number of nitrogens with two attached hydrogens (primary N) is 1. The van der Waals surface area contributed by atoms with Crippen molar-refractivity contribution in [1.29, 1.82) is 0 Å². The Morgan fingerprint density at radius 2 is 1.94 bits per heavy atom. The number of hydrogen-bond acceptors (Lipinski definition) is 5. The first-order valence-corrected chi connectivity index (χ1v) is 5.69. The number of methoxy groups -OCH3 is 1. The number of nitrogen functional groups attached to an aromatic ring is 1. The van der Waals surface area contributed by atoms with Gasteiger partial charge in [0.2, 0.25) is 5.89 Å². The minimum Gasteiger partial charge on any atom is -0.496 e. The minimum absolute atomic E-state index is 0.0348. The Balaban J connectivity index is 2.52. The molecule has 0 aliphatic rings.